The molecule has 3 N–H and O–H groups in total. The second-order valence-corrected chi connectivity index (χ2v) is 5.72. The van der Waals surface area contributed by atoms with Crippen molar-refractivity contribution in [3.63, 3.8) is 0 Å². The molecule has 6 heteroatoms. The Labute approximate surface area is 139 Å². The van der Waals surface area contributed by atoms with Gasteiger partial charge in [-0.1, -0.05) is 48.0 Å². The predicted octanol–water partition coefficient (Wildman–Crippen LogP) is 2.30. The number of hydrogen-bond acceptors (Lipinski definition) is 3. The molecule has 2 rings (SSSR count). The monoisotopic (exact) mass is 332 g/mol. The predicted molar refractivity (Wildman–Crippen MR) is 89.1 cm³/mol. The Morgan fingerprint density at radius 3 is 2.43 bits per heavy atom. The maximum Gasteiger partial charge on any atom is 0.313 e. The number of aliphatic hydroxyl groups is 1. The van der Waals surface area contributed by atoms with Crippen molar-refractivity contribution in [1.82, 2.24) is 5.32 Å². The third-order valence-corrected chi connectivity index (χ3v) is 3.51. The Hall–Kier alpha value is -2.37. The molecular formula is C17H17ClN2O3. The van der Waals surface area contributed by atoms with E-state index in [-0.39, 0.29) is 6.54 Å². The van der Waals surface area contributed by atoms with E-state index >= 15 is 0 Å². The largest absolute Gasteiger partial charge is 0.384 e. The fraction of sp³-hybridized carbons (Fsp3) is 0.176. The van der Waals surface area contributed by atoms with Crippen LogP contribution in [0.2, 0.25) is 5.02 Å². The average Bonchev–Trinajstić information content (AvgIpc) is 2.53. The minimum Gasteiger partial charge on any atom is -0.384 e. The second kappa shape index (κ2) is 7.26. The van der Waals surface area contributed by atoms with Crippen LogP contribution in [0.4, 0.5) is 5.69 Å². The van der Waals surface area contributed by atoms with E-state index in [4.69, 9.17) is 11.6 Å². The van der Waals surface area contributed by atoms with Gasteiger partial charge >= 0.3 is 11.8 Å². The Morgan fingerprint density at radius 1 is 1.09 bits per heavy atom. The van der Waals surface area contributed by atoms with Crippen molar-refractivity contribution in [2.75, 3.05) is 11.9 Å². The zero-order valence-electron chi connectivity index (χ0n) is 12.5. The first-order valence-electron chi connectivity index (χ1n) is 7.01. The molecule has 1 unspecified atom stereocenters. The highest BCUT2D eigenvalue weighted by atomic mass is 35.5. The molecule has 0 heterocycles. The Balaban J connectivity index is 1.92. The zero-order chi connectivity index (χ0) is 16.9. The van der Waals surface area contributed by atoms with Crippen LogP contribution in [0.15, 0.2) is 54.6 Å². The number of benzene rings is 2. The van der Waals surface area contributed by atoms with E-state index in [1.165, 1.54) is 6.07 Å². The number of carbonyl (C=O) groups excluding carboxylic acids is 2. The zero-order valence-corrected chi connectivity index (χ0v) is 13.3. The van der Waals surface area contributed by atoms with Gasteiger partial charge in [-0.25, -0.2) is 0 Å². The van der Waals surface area contributed by atoms with Crippen molar-refractivity contribution in [3.8, 4) is 0 Å². The van der Waals surface area contributed by atoms with E-state index in [1.54, 1.807) is 49.4 Å². The fourth-order valence-electron chi connectivity index (χ4n) is 1.99. The summed E-state index contributed by atoms with van der Waals surface area (Å²) in [6.07, 6.45) is 0. The lowest BCUT2D eigenvalue weighted by molar-refractivity contribution is -0.136. The Bertz CT molecular complexity index is 702. The highest BCUT2D eigenvalue weighted by Crippen LogP contribution is 2.19. The molecule has 0 aromatic heterocycles. The van der Waals surface area contributed by atoms with Gasteiger partial charge in [-0.15, -0.1) is 0 Å². The number of amides is 2. The van der Waals surface area contributed by atoms with E-state index < -0.39 is 17.4 Å². The summed E-state index contributed by atoms with van der Waals surface area (Å²) in [6.45, 7) is 1.48. The molecule has 0 fully saturated rings. The van der Waals surface area contributed by atoms with Gasteiger partial charge < -0.3 is 15.7 Å². The number of carbonyl (C=O) groups is 2. The van der Waals surface area contributed by atoms with Crippen LogP contribution in [-0.2, 0) is 15.2 Å². The first-order chi connectivity index (χ1) is 10.9. The smallest absolute Gasteiger partial charge is 0.313 e. The minimum atomic E-state index is -1.27. The summed E-state index contributed by atoms with van der Waals surface area (Å²) in [7, 11) is 0. The molecule has 23 heavy (non-hydrogen) atoms. The van der Waals surface area contributed by atoms with Gasteiger partial charge in [0, 0.05) is 10.7 Å². The molecule has 0 radical (unpaired) electrons. The first kappa shape index (κ1) is 17.0. The van der Waals surface area contributed by atoms with E-state index in [2.05, 4.69) is 10.6 Å². The van der Waals surface area contributed by atoms with Crippen molar-refractivity contribution < 1.29 is 14.7 Å². The summed E-state index contributed by atoms with van der Waals surface area (Å²) in [6, 6.07) is 15.4. The van der Waals surface area contributed by atoms with Crippen LogP contribution in [0.1, 0.15) is 12.5 Å². The highest BCUT2D eigenvalue weighted by molar-refractivity contribution is 6.39. The quantitative estimate of drug-likeness (QED) is 0.752. The molecule has 120 valence electrons. The SMILES string of the molecule is CC(O)(CNC(=O)C(=O)Nc1cccc(Cl)c1)c1ccccc1. The van der Waals surface area contributed by atoms with E-state index in [9.17, 15) is 14.7 Å². The van der Waals surface area contributed by atoms with Crippen molar-refractivity contribution in [2.24, 2.45) is 0 Å². The third kappa shape index (κ3) is 4.81. The third-order valence-electron chi connectivity index (χ3n) is 3.28. The molecule has 2 aromatic carbocycles. The minimum absolute atomic E-state index is 0.0845. The molecule has 0 aliphatic carbocycles. The van der Waals surface area contributed by atoms with Gasteiger partial charge in [-0.05, 0) is 30.7 Å². The lowest BCUT2D eigenvalue weighted by atomic mass is 9.96. The van der Waals surface area contributed by atoms with Gasteiger partial charge in [-0.2, -0.15) is 0 Å². The fourth-order valence-corrected chi connectivity index (χ4v) is 2.18. The van der Waals surface area contributed by atoms with Gasteiger partial charge in [-0.3, -0.25) is 9.59 Å². The lowest BCUT2D eigenvalue weighted by Gasteiger charge is -2.24. The molecule has 0 bridgehead atoms. The summed E-state index contributed by atoms with van der Waals surface area (Å²) in [5.74, 6) is -1.66. The molecule has 1 atom stereocenters. The second-order valence-electron chi connectivity index (χ2n) is 5.29. The normalized spacial score (nSPS) is 13.0. The summed E-state index contributed by atoms with van der Waals surface area (Å²) < 4.78 is 0. The van der Waals surface area contributed by atoms with Crippen molar-refractivity contribution >= 4 is 29.1 Å². The van der Waals surface area contributed by atoms with E-state index in [1.807, 2.05) is 6.07 Å². The van der Waals surface area contributed by atoms with Crippen molar-refractivity contribution in [1.29, 1.82) is 0 Å². The van der Waals surface area contributed by atoms with E-state index in [0.717, 1.165) is 0 Å². The topological polar surface area (TPSA) is 78.4 Å². The number of anilines is 1. The molecule has 0 aliphatic heterocycles. The lowest BCUT2D eigenvalue weighted by Crippen LogP contribution is -2.43. The molecule has 2 aromatic rings. The molecule has 0 aliphatic rings. The molecule has 0 saturated heterocycles. The number of hydrogen-bond donors (Lipinski definition) is 3. The van der Waals surface area contributed by atoms with Crippen molar-refractivity contribution in [3.05, 3.63) is 65.2 Å². The summed E-state index contributed by atoms with van der Waals surface area (Å²) >= 11 is 5.81. The number of nitrogens with one attached hydrogen (secondary N) is 2. The van der Waals surface area contributed by atoms with Gasteiger partial charge in [0.15, 0.2) is 0 Å². The molecule has 5 nitrogen and oxygen atoms in total. The first-order valence-corrected chi connectivity index (χ1v) is 7.39. The van der Waals surface area contributed by atoms with Crippen molar-refractivity contribution in [2.45, 2.75) is 12.5 Å². The molecule has 2 amide bonds. The number of halogens is 1. The number of rotatable bonds is 4. The van der Waals surface area contributed by atoms with Crippen LogP contribution >= 0.6 is 11.6 Å². The van der Waals surface area contributed by atoms with Crippen LogP contribution in [-0.4, -0.2) is 23.5 Å². The summed E-state index contributed by atoms with van der Waals surface area (Å²) in [5, 5.41) is 15.7. The summed E-state index contributed by atoms with van der Waals surface area (Å²) in [5.41, 5.74) is -0.198. The van der Waals surface area contributed by atoms with Gasteiger partial charge in [0.2, 0.25) is 0 Å². The summed E-state index contributed by atoms with van der Waals surface area (Å²) in [4.78, 5) is 23.7. The molecule has 0 saturated carbocycles. The maximum absolute atomic E-state index is 11.8. The molecular weight excluding hydrogens is 316 g/mol. The Kier molecular flexibility index (Phi) is 5.36. The maximum atomic E-state index is 11.8. The van der Waals surface area contributed by atoms with Gasteiger partial charge in [0.05, 0.1) is 6.54 Å². The van der Waals surface area contributed by atoms with Crippen LogP contribution < -0.4 is 10.6 Å². The van der Waals surface area contributed by atoms with Gasteiger partial charge in [0.1, 0.15) is 5.60 Å². The van der Waals surface area contributed by atoms with Crippen LogP contribution in [0.5, 0.6) is 0 Å². The molecule has 0 spiro atoms. The highest BCUT2D eigenvalue weighted by Gasteiger charge is 2.25. The Morgan fingerprint density at radius 2 is 1.78 bits per heavy atom. The van der Waals surface area contributed by atoms with Crippen LogP contribution in [0.25, 0.3) is 0 Å². The van der Waals surface area contributed by atoms with Crippen LogP contribution in [0, 0.1) is 0 Å². The van der Waals surface area contributed by atoms with E-state index in [0.29, 0.717) is 16.3 Å². The average molecular weight is 333 g/mol. The standard InChI is InChI=1S/C17H17ClN2O3/c1-17(23,12-6-3-2-4-7-12)11-19-15(21)16(22)20-14-9-5-8-13(18)10-14/h2-10,23H,11H2,1H3,(H,19,21)(H,20,22). The van der Waals surface area contributed by atoms with Gasteiger partial charge in [0.25, 0.3) is 0 Å². The van der Waals surface area contributed by atoms with Crippen LogP contribution in [0.3, 0.4) is 0 Å².